The zero-order chi connectivity index (χ0) is 30.8. The lowest BCUT2D eigenvalue weighted by Crippen LogP contribution is -2.43. The molecule has 222 valence electrons. The number of halogens is 2. The number of hydrogen-bond donors (Lipinski definition) is 1. The van der Waals surface area contributed by atoms with Gasteiger partial charge in [-0.1, -0.05) is 18.2 Å². The molecule has 8 nitrogen and oxygen atoms in total. The van der Waals surface area contributed by atoms with E-state index in [1.54, 1.807) is 18.2 Å². The van der Waals surface area contributed by atoms with Crippen LogP contribution in [-0.2, 0) is 16.0 Å². The van der Waals surface area contributed by atoms with Crippen molar-refractivity contribution in [2.75, 3.05) is 21.3 Å². The van der Waals surface area contributed by atoms with E-state index in [9.17, 15) is 18.4 Å². The number of rotatable bonds is 9. The van der Waals surface area contributed by atoms with Gasteiger partial charge in [0.1, 0.15) is 11.8 Å². The van der Waals surface area contributed by atoms with Crippen LogP contribution >= 0.6 is 0 Å². The van der Waals surface area contributed by atoms with E-state index < -0.39 is 35.3 Å². The molecule has 2 heterocycles. The second-order valence-corrected chi connectivity index (χ2v) is 10.3. The molecule has 0 fully saturated rings. The lowest BCUT2D eigenvalue weighted by atomic mass is 10.0. The molecule has 0 spiro atoms. The Hall–Kier alpha value is -4.99. The van der Waals surface area contributed by atoms with E-state index in [4.69, 9.17) is 14.2 Å². The first-order valence-corrected chi connectivity index (χ1v) is 13.6. The molecule has 43 heavy (non-hydrogen) atoms. The Morgan fingerprint density at radius 1 is 0.930 bits per heavy atom. The van der Waals surface area contributed by atoms with Crippen molar-refractivity contribution in [3.63, 3.8) is 0 Å². The standard InChI is InChI=1S/C33H31F2N3O5/c1-18(2)38-17-20(22-8-6-7-9-30(22)38)14-29(33(40)43-5)37-32(39)24-16-28(19-12-25(34)31(42-4)26(35)13-19)36-27-11-10-21(41-3)15-23(24)27/h6-13,15-18,29H,14H2,1-5H3,(H,37,39)/t29-/m1/s1. The molecule has 5 aromatic rings. The molecule has 1 N–H and O–H groups in total. The van der Waals surface area contributed by atoms with Crippen molar-refractivity contribution in [2.24, 2.45) is 0 Å². The van der Waals surface area contributed by atoms with Crippen molar-refractivity contribution in [3.05, 3.63) is 89.6 Å². The van der Waals surface area contributed by atoms with Crippen LogP contribution in [0.3, 0.4) is 0 Å². The van der Waals surface area contributed by atoms with Crippen molar-refractivity contribution < 1.29 is 32.6 Å². The summed E-state index contributed by atoms with van der Waals surface area (Å²) in [5.41, 5.74) is 2.65. The van der Waals surface area contributed by atoms with Crippen molar-refractivity contribution in [1.82, 2.24) is 14.9 Å². The molecule has 0 aliphatic heterocycles. The quantitative estimate of drug-likeness (QED) is 0.205. The van der Waals surface area contributed by atoms with Crippen molar-refractivity contribution >= 4 is 33.7 Å². The zero-order valence-corrected chi connectivity index (χ0v) is 24.4. The number of nitrogens with zero attached hydrogens (tertiary/aromatic N) is 2. The molecule has 0 aliphatic carbocycles. The summed E-state index contributed by atoms with van der Waals surface area (Å²) < 4.78 is 46.5. The van der Waals surface area contributed by atoms with E-state index in [0.29, 0.717) is 16.7 Å². The highest BCUT2D eigenvalue weighted by molar-refractivity contribution is 6.08. The third kappa shape index (κ3) is 5.73. The summed E-state index contributed by atoms with van der Waals surface area (Å²) >= 11 is 0. The predicted octanol–water partition coefficient (Wildman–Crippen LogP) is 6.25. The minimum Gasteiger partial charge on any atom is -0.497 e. The van der Waals surface area contributed by atoms with E-state index in [1.807, 2.05) is 30.5 Å². The Morgan fingerprint density at radius 2 is 1.65 bits per heavy atom. The fourth-order valence-corrected chi connectivity index (χ4v) is 5.23. The number of benzene rings is 3. The summed E-state index contributed by atoms with van der Waals surface area (Å²) in [6.07, 6.45) is 2.15. The molecule has 0 saturated heterocycles. The average Bonchev–Trinajstić information content (AvgIpc) is 3.37. The van der Waals surface area contributed by atoms with Crippen molar-refractivity contribution in [2.45, 2.75) is 32.4 Å². The molecular formula is C33H31F2N3O5. The Balaban J connectivity index is 1.58. The van der Waals surface area contributed by atoms with Gasteiger partial charge in [-0.25, -0.2) is 18.6 Å². The summed E-state index contributed by atoms with van der Waals surface area (Å²) in [7, 11) is 3.92. The van der Waals surface area contributed by atoms with E-state index in [0.717, 1.165) is 28.6 Å². The van der Waals surface area contributed by atoms with Gasteiger partial charge in [-0.3, -0.25) is 4.79 Å². The topological polar surface area (TPSA) is 91.7 Å². The molecule has 5 rings (SSSR count). The summed E-state index contributed by atoms with van der Waals surface area (Å²) in [6.45, 7) is 4.13. The van der Waals surface area contributed by atoms with Gasteiger partial charge in [0.25, 0.3) is 5.91 Å². The van der Waals surface area contributed by atoms with E-state index in [2.05, 4.69) is 28.7 Å². The number of pyridine rings is 1. The summed E-state index contributed by atoms with van der Waals surface area (Å²) in [6, 6.07) is 15.5. The first-order chi connectivity index (χ1) is 20.6. The number of carbonyl (C=O) groups excluding carboxylic acids is 2. The Kier molecular flexibility index (Phi) is 8.29. The molecule has 0 aliphatic rings. The molecule has 10 heteroatoms. The molecule has 0 unspecified atom stereocenters. The number of aromatic nitrogens is 2. The van der Waals surface area contributed by atoms with Crippen LogP contribution in [0, 0.1) is 11.6 Å². The summed E-state index contributed by atoms with van der Waals surface area (Å²) in [4.78, 5) is 31.4. The first-order valence-electron chi connectivity index (χ1n) is 13.6. The van der Waals surface area contributed by atoms with Crippen LogP contribution in [0.25, 0.3) is 33.1 Å². The van der Waals surface area contributed by atoms with Gasteiger partial charge >= 0.3 is 5.97 Å². The largest absolute Gasteiger partial charge is 0.497 e. The number of ether oxygens (including phenoxy) is 3. The number of fused-ring (bicyclic) bond motifs is 2. The maximum absolute atomic E-state index is 14.6. The number of para-hydroxylation sites is 1. The zero-order valence-electron chi connectivity index (χ0n) is 24.4. The Bertz CT molecular complexity index is 1830. The third-order valence-corrected chi connectivity index (χ3v) is 7.35. The molecule has 0 saturated carbocycles. The molecule has 0 bridgehead atoms. The van der Waals surface area contributed by atoms with Crippen LogP contribution < -0.4 is 14.8 Å². The fraction of sp³-hybridized carbons (Fsp3) is 0.242. The number of amides is 1. The number of nitrogens with one attached hydrogen (secondary N) is 1. The van der Waals surface area contributed by atoms with Gasteiger partial charge in [-0.15, -0.1) is 0 Å². The Labute approximate surface area is 247 Å². The monoisotopic (exact) mass is 587 g/mol. The fourth-order valence-electron chi connectivity index (χ4n) is 5.23. The average molecular weight is 588 g/mol. The number of esters is 1. The second-order valence-electron chi connectivity index (χ2n) is 10.3. The van der Waals surface area contributed by atoms with Gasteiger partial charge in [0.2, 0.25) is 0 Å². The van der Waals surface area contributed by atoms with Crippen LogP contribution in [0.2, 0.25) is 0 Å². The van der Waals surface area contributed by atoms with Gasteiger partial charge in [0.15, 0.2) is 17.4 Å². The molecule has 2 aromatic heterocycles. The van der Waals surface area contributed by atoms with Crippen LogP contribution in [0.15, 0.2) is 66.9 Å². The smallest absolute Gasteiger partial charge is 0.328 e. The lowest BCUT2D eigenvalue weighted by Gasteiger charge is -2.18. The Morgan fingerprint density at radius 3 is 2.30 bits per heavy atom. The molecule has 3 aromatic carbocycles. The van der Waals surface area contributed by atoms with Crippen molar-refractivity contribution in [3.8, 4) is 22.8 Å². The minimum absolute atomic E-state index is 0.105. The highest BCUT2D eigenvalue weighted by atomic mass is 19.1. The van der Waals surface area contributed by atoms with Crippen molar-refractivity contribution in [1.29, 1.82) is 0 Å². The normalized spacial score (nSPS) is 12.0. The number of hydrogen-bond acceptors (Lipinski definition) is 6. The lowest BCUT2D eigenvalue weighted by molar-refractivity contribution is -0.142. The van der Waals surface area contributed by atoms with Gasteiger partial charge in [0.05, 0.1) is 38.1 Å². The van der Waals surface area contributed by atoms with E-state index in [1.165, 1.54) is 27.4 Å². The van der Waals surface area contributed by atoms with Gasteiger partial charge in [-0.2, -0.15) is 0 Å². The molecule has 1 atom stereocenters. The third-order valence-electron chi connectivity index (χ3n) is 7.35. The van der Waals surface area contributed by atoms with Gasteiger partial charge in [0, 0.05) is 40.5 Å². The van der Waals surface area contributed by atoms with Gasteiger partial charge in [-0.05, 0) is 61.9 Å². The minimum atomic E-state index is -1.03. The molecular weight excluding hydrogens is 556 g/mol. The van der Waals surface area contributed by atoms with Crippen LogP contribution in [-0.4, -0.2) is 48.8 Å². The van der Waals surface area contributed by atoms with Crippen LogP contribution in [0.4, 0.5) is 8.78 Å². The van der Waals surface area contributed by atoms with Crippen LogP contribution in [0.5, 0.6) is 11.5 Å². The highest BCUT2D eigenvalue weighted by Crippen LogP contribution is 2.32. The second kappa shape index (κ2) is 12.1. The molecule has 1 amide bonds. The highest BCUT2D eigenvalue weighted by Gasteiger charge is 2.26. The SMILES string of the molecule is COC(=O)[C@@H](Cc1cn(C(C)C)c2ccccc12)NC(=O)c1cc(-c2cc(F)c(OC)c(F)c2)nc2ccc(OC)cc12. The maximum Gasteiger partial charge on any atom is 0.328 e. The van der Waals surface area contributed by atoms with E-state index >= 15 is 0 Å². The number of carbonyl (C=O) groups is 2. The van der Waals surface area contributed by atoms with E-state index in [-0.39, 0.29) is 29.3 Å². The number of methoxy groups -OCH3 is 3. The predicted molar refractivity (Wildman–Crippen MR) is 159 cm³/mol. The summed E-state index contributed by atoms with van der Waals surface area (Å²) in [5, 5.41) is 4.21. The maximum atomic E-state index is 14.6. The molecule has 0 radical (unpaired) electrons. The van der Waals surface area contributed by atoms with Crippen LogP contribution in [0.1, 0.15) is 35.8 Å². The van der Waals surface area contributed by atoms with Gasteiger partial charge < -0.3 is 24.1 Å². The first kappa shape index (κ1) is 29.5. The summed E-state index contributed by atoms with van der Waals surface area (Å²) in [5.74, 6) is -3.09.